The first-order chi connectivity index (χ1) is 16.7. The summed E-state index contributed by atoms with van der Waals surface area (Å²) in [6.07, 6.45) is -5.02. The second kappa shape index (κ2) is 10.0. The molecule has 182 valence electrons. The molecule has 1 aliphatic heterocycles. The molecule has 0 unspecified atom stereocenters. The van der Waals surface area contributed by atoms with Crippen LogP contribution in [0.1, 0.15) is 11.1 Å². The van der Waals surface area contributed by atoms with Gasteiger partial charge in [-0.05, 0) is 48.0 Å². The van der Waals surface area contributed by atoms with E-state index >= 15 is 0 Å². The molecule has 1 fully saturated rings. The lowest BCUT2D eigenvalue weighted by Crippen LogP contribution is -2.40. The molecule has 0 bridgehead atoms. The summed E-state index contributed by atoms with van der Waals surface area (Å²) in [6.45, 7) is 0.996. The van der Waals surface area contributed by atoms with Crippen molar-refractivity contribution in [3.8, 4) is 23.0 Å². The van der Waals surface area contributed by atoms with E-state index in [1.807, 2.05) is 0 Å². The van der Waals surface area contributed by atoms with Crippen molar-refractivity contribution >= 4 is 17.3 Å². The maximum Gasteiger partial charge on any atom is 0.420 e. The number of halogens is 3. The number of carboxylic acid groups (broad SMARTS) is 1. The fourth-order valence-corrected chi connectivity index (χ4v) is 3.37. The number of hydrogen-bond acceptors (Lipinski definition) is 7. The van der Waals surface area contributed by atoms with Gasteiger partial charge in [0.15, 0.2) is 0 Å². The lowest BCUT2D eigenvalue weighted by Gasteiger charge is -2.28. The molecule has 1 saturated heterocycles. The van der Waals surface area contributed by atoms with Gasteiger partial charge >= 0.3 is 12.1 Å². The zero-order valence-corrected chi connectivity index (χ0v) is 18.1. The largest absolute Gasteiger partial charge is 0.481 e. The molecule has 3 N–H and O–H groups in total. The van der Waals surface area contributed by atoms with Crippen LogP contribution in [0.15, 0.2) is 65.8 Å². The Morgan fingerprint density at radius 1 is 1.06 bits per heavy atom. The van der Waals surface area contributed by atoms with E-state index in [9.17, 15) is 18.0 Å². The van der Waals surface area contributed by atoms with Crippen LogP contribution in [0.25, 0.3) is 0 Å². The SMILES string of the molecule is N=Nc1ccc(Oc2ccc(Oc3cccc(CC(=O)O)c3)c(C(F)(F)F)c2)cc1NC1COC1. The Kier molecular flexibility index (Phi) is 6.87. The second-order valence-electron chi connectivity index (χ2n) is 7.75. The summed E-state index contributed by atoms with van der Waals surface area (Å²) in [5.74, 6) is -1.26. The van der Waals surface area contributed by atoms with Gasteiger partial charge in [0.1, 0.15) is 34.2 Å². The Balaban J connectivity index is 1.58. The van der Waals surface area contributed by atoms with Crippen molar-refractivity contribution in [2.75, 3.05) is 18.5 Å². The summed E-state index contributed by atoms with van der Waals surface area (Å²) in [5, 5.41) is 15.5. The molecule has 3 aromatic carbocycles. The number of benzene rings is 3. The quantitative estimate of drug-likeness (QED) is 0.302. The monoisotopic (exact) mass is 487 g/mol. The van der Waals surface area contributed by atoms with Gasteiger partial charge in [-0.2, -0.15) is 18.3 Å². The van der Waals surface area contributed by atoms with E-state index in [1.165, 1.54) is 36.4 Å². The van der Waals surface area contributed by atoms with Crippen LogP contribution in [-0.2, 0) is 22.1 Å². The highest BCUT2D eigenvalue weighted by atomic mass is 19.4. The fourth-order valence-electron chi connectivity index (χ4n) is 3.37. The van der Waals surface area contributed by atoms with E-state index in [0.29, 0.717) is 30.2 Å². The Labute approximate surface area is 197 Å². The third kappa shape index (κ3) is 6.07. The Bertz CT molecular complexity index is 1250. The minimum atomic E-state index is -4.74. The van der Waals surface area contributed by atoms with Gasteiger partial charge in [0, 0.05) is 6.07 Å². The van der Waals surface area contributed by atoms with E-state index < -0.39 is 23.5 Å². The Morgan fingerprint density at radius 3 is 2.43 bits per heavy atom. The third-order valence-electron chi connectivity index (χ3n) is 5.06. The van der Waals surface area contributed by atoms with E-state index in [0.717, 1.165) is 12.1 Å². The molecule has 0 aliphatic carbocycles. The number of hydrogen-bond donors (Lipinski definition) is 3. The normalized spacial score (nSPS) is 13.6. The van der Waals surface area contributed by atoms with E-state index in [-0.39, 0.29) is 29.7 Å². The van der Waals surface area contributed by atoms with Gasteiger partial charge in [0.2, 0.25) is 0 Å². The number of rotatable bonds is 9. The number of carboxylic acids is 1. The van der Waals surface area contributed by atoms with E-state index in [2.05, 4.69) is 10.4 Å². The molecule has 0 radical (unpaired) electrons. The highest BCUT2D eigenvalue weighted by Gasteiger charge is 2.35. The summed E-state index contributed by atoms with van der Waals surface area (Å²) in [7, 11) is 0. The molecule has 1 heterocycles. The number of nitrogens with one attached hydrogen (secondary N) is 2. The summed E-state index contributed by atoms with van der Waals surface area (Å²) in [4.78, 5) is 10.9. The summed E-state index contributed by atoms with van der Waals surface area (Å²) < 4.78 is 57.6. The molecule has 0 spiro atoms. The zero-order chi connectivity index (χ0) is 25.0. The number of carbonyl (C=O) groups is 1. The molecule has 4 rings (SSSR count). The summed E-state index contributed by atoms with van der Waals surface area (Å²) in [6, 6.07) is 13.8. The predicted octanol–water partition coefficient (Wildman–Crippen LogP) is 6.39. The molecule has 0 saturated carbocycles. The molecular formula is C24H20F3N3O5. The van der Waals surface area contributed by atoms with Gasteiger partial charge < -0.3 is 24.6 Å². The van der Waals surface area contributed by atoms with Crippen LogP contribution in [0.3, 0.4) is 0 Å². The molecule has 0 atom stereocenters. The average Bonchev–Trinajstić information content (AvgIpc) is 2.76. The maximum absolute atomic E-state index is 13.8. The molecule has 35 heavy (non-hydrogen) atoms. The van der Waals surface area contributed by atoms with Crippen LogP contribution >= 0.6 is 0 Å². The summed E-state index contributed by atoms with van der Waals surface area (Å²) in [5.41, 5.74) is 7.50. The smallest absolute Gasteiger partial charge is 0.420 e. The van der Waals surface area contributed by atoms with Gasteiger partial charge in [-0.15, -0.1) is 0 Å². The van der Waals surface area contributed by atoms with Gasteiger partial charge in [-0.1, -0.05) is 12.1 Å². The average molecular weight is 487 g/mol. The minimum absolute atomic E-state index is 0.0491. The first-order valence-electron chi connectivity index (χ1n) is 10.4. The number of aliphatic carboxylic acids is 1. The molecule has 11 heteroatoms. The maximum atomic E-state index is 13.8. The number of nitrogens with zero attached hydrogens (tertiary/aromatic N) is 1. The van der Waals surface area contributed by atoms with Gasteiger partial charge in [-0.25, -0.2) is 5.53 Å². The lowest BCUT2D eigenvalue weighted by molar-refractivity contribution is -0.138. The van der Waals surface area contributed by atoms with Gasteiger partial charge in [0.25, 0.3) is 0 Å². The Hall–Kier alpha value is -4.12. The number of alkyl halides is 3. The van der Waals surface area contributed by atoms with Crippen LogP contribution in [-0.4, -0.2) is 30.3 Å². The number of ether oxygens (including phenoxy) is 3. The third-order valence-corrected chi connectivity index (χ3v) is 5.06. The first-order valence-corrected chi connectivity index (χ1v) is 10.4. The minimum Gasteiger partial charge on any atom is -0.481 e. The second-order valence-corrected chi connectivity index (χ2v) is 7.75. The van der Waals surface area contributed by atoms with Crippen molar-refractivity contribution in [3.63, 3.8) is 0 Å². The van der Waals surface area contributed by atoms with E-state index in [1.54, 1.807) is 12.1 Å². The van der Waals surface area contributed by atoms with Crippen LogP contribution < -0.4 is 14.8 Å². The fraction of sp³-hybridized carbons (Fsp3) is 0.208. The first kappa shape index (κ1) is 24.0. The molecule has 3 aromatic rings. The molecule has 8 nitrogen and oxygen atoms in total. The highest BCUT2D eigenvalue weighted by Crippen LogP contribution is 2.41. The van der Waals surface area contributed by atoms with E-state index in [4.69, 9.17) is 24.8 Å². The van der Waals surface area contributed by atoms with Crippen molar-refractivity contribution in [1.29, 1.82) is 5.53 Å². The standard InChI is InChI=1S/C24H20F3N3O5/c25-24(26,27)19-10-17(5-7-22(19)35-16-3-1-2-14(8-16)9-23(31)32)34-18-4-6-20(30-28)21(11-18)29-15-12-33-13-15/h1-8,10-11,15,28-29H,9,12-13H2,(H,31,32). The zero-order valence-electron chi connectivity index (χ0n) is 18.1. The van der Waals surface area contributed by atoms with Crippen molar-refractivity contribution < 1.29 is 37.3 Å². The predicted molar refractivity (Wildman–Crippen MR) is 119 cm³/mol. The van der Waals surface area contributed by atoms with Gasteiger partial charge in [0.05, 0.1) is 31.4 Å². The van der Waals surface area contributed by atoms with Crippen LogP contribution in [0.4, 0.5) is 24.5 Å². The summed E-state index contributed by atoms with van der Waals surface area (Å²) >= 11 is 0. The molecule has 1 aliphatic rings. The topological polar surface area (TPSA) is 113 Å². The number of anilines is 1. The van der Waals surface area contributed by atoms with Crippen molar-refractivity contribution in [1.82, 2.24) is 0 Å². The Morgan fingerprint density at radius 2 is 1.77 bits per heavy atom. The molecule has 0 amide bonds. The molecular weight excluding hydrogens is 467 g/mol. The van der Waals surface area contributed by atoms with Gasteiger partial charge in [-0.3, -0.25) is 4.79 Å². The van der Waals surface area contributed by atoms with Crippen molar-refractivity contribution in [2.24, 2.45) is 5.11 Å². The van der Waals surface area contributed by atoms with Crippen molar-refractivity contribution in [2.45, 2.75) is 18.6 Å². The highest BCUT2D eigenvalue weighted by molar-refractivity contribution is 5.70. The van der Waals surface area contributed by atoms with Crippen LogP contribution in [0.5, 0.6) is 23.0 Å². The molecule has 0 aromatic heterocycles. The lowest BCUT2D eigenvalue weighted by atomic mass is 10.1. The van der Waals surface area contributed by atoms with Crippen LogP contribution in [0.2, 0.25) is 0 Å². The van der Waals surface area contributed by atoms with Crippen LogP contribution in [0, 0.1) is 5.53 Å². The van der Waals surface area contributed by atoms with Crippen molar-refractivity contribution in [3.05, 3.63) is 71.8 Å².